The summed E-state index contributed by atoms with van der Waals surface area (Å²) in [5.74, 6) is 0. The predicted molar refractivity (Wildman–Crippen MR) is 104 cm³/mol. The number of anilines is 1. The van der Waals surface area contributed by atoms with Crippen molar-refractivity contribution in [2.24, 2.45) is 0 Å². The first-order valence-electron chi connectivity index (χ1n) is 9.26. The molecule has 3 aromatic rings. The maximum atomic E-state index is 13.4. The Kier molecular flexibility index (Phi) is 5.17. The van der Waals surface area contributed by atoms with Gasteiger partial charge in [0.2, 0.25) is 5.52 Å². The normalized spacial score (nSPS) is 15.9. The number of halogens is 4. The van der Waals surface area contributed by atoms with Crippen molar-refractivity contribution in [2.75, 3.05) is 31.1 Å². The molecule has 3 nitrogen and oxygen atoms in total. The average molecular weight is 408 g/mol. The van der Waals surface area contributed by atoms with E-state index in [0.29, 0.717) is 29.7 Å². The number of para-hydroxylation sites is 1. The number of rotatable bonds is 3. The lowest BCUT2D eigenvalue weighted by atomic mass is 10.1. The molecule has 2 aromatic carbocycles. The van der Waals surface area contributed by atoms with Crippen molar-refractivity contribution >= 4 is 28.2 Å². The standard InChI is InChI=1S/C21H19ClF3N3/c22-17-8-4-7-16-18(13-19(21(23,24)25)26-20(16)17)28-11-9-27(10-12-28)14-15-5-2-1-3-6-15/h1-8,13H,9-12,14H2/p+2. The largest absolute Gasteiger partial charge is 0.477 e. The second-order valence-electron chi connectivity index (χ2n) is 7.13. The van der Waals surface area contributed by atoms with Gasteiger partial charge in [-0.15, -0.1) is 0 Å². The van der Waals surface area contributed by atoms with Gasteiger partial charge in [0.05, 0.1) is 37.3 Å². The Bertz CT molecular complexity index is 968. The summed E-state index contributed by atoms with van der Waals surface area (Å²) >= 11 is 6.18. The molecule has 1 aliphatic heterocycles. The number of hydrogen-bond donors (Lipinski definition) is 1. The van der Waals surface area contributed by atoms with E-state index < -0.39 is 11.9 Å². The van der Waals surface area contributed by atoms with Crippen LogP contribution in [0.4, 0.5) is 18.9 Å². The number of hydrogen-bond acceptors (Lipinski definition) is 1. The highest BCUT2D eigenvalue weighted by atomic mass is 35.5. The molecule has 0 aliphatic carbocycles. The Morgan fingerprint density at radius 2 is 1.71 bits per heavy atom. The molecule has 28 heavy (non-hydrogen) atoms. The molecule has 1 fully saturated rings. The van der Waals surface area contributed by atoms with Gasteiger partial charge in [0.25, 0.3) is 5.69 Å². The van der Waals surface area contributed by atoms with Gasteiger partial charge >= 0.3 is 6.18 Å². The predicted octanol–water partition coefficient (Wildman–Crippen LogP) is 3.23. The topological polar surface area (TPSA) is 21.8 Å². The molecule has 0 saturated carbocycles. The molecule has 0 unspecified atom stereocenters. The van der Waals surface area contributed by atoms with E-state index in [9.17, 15) is 13.2 Å². The van der Waals surface area contributed by atoms with Gasteiger partial charge in [0.15, 0.2) is 0 Å². The summed E-state index contributed by atoms with van der Waals surface area (Å²) in [6.07, 6.45) is -4.46. The summed E-state index contributed by atoms with van der Waals surface area (Å²) in [5.41, 5.74) is 1.41. The molecular formula is C21H21ClF3N3+2. The van der Waals surface area contributed by atoms with Crippen molar-refractivity contribution in [3.63, 3.8) is 0 Å². The minimum absolute atomic E-state index is 0.290. The number of nitrogens with one attached hydrogen (secondary N) is 2. The number of quaternary nitrogens is 1. The summed E-state index contributed by atoms with van der Waals surface area (Å²) in [7, 11) is 0. The molecule has 1 saturated heterocycles. The summed E-state index contributed by atoms with van der Waals surface area (Å²) < 4.78 is 40.2. The first kappa shape index (κ1) is 19.0. The van der Waals surface area contributed by atoms with Crippen molar-refractivity contribution in [2.45, 2.75) is 12.7 Å². The van der Waals surface area contributed by atoms with Gasteiger partial charge in [-0.3, -0.25) is 0 Å². The molecule has 7 heteroatoms. The molecule has 0 spiro atoms. The third kappa shape index (κ3) is 3.93. The first-order valence-corrected chi connectivity index (χ1v) is 9.64. The van der Waals surface area contributed by atoms with Crippen LogP contribution in [0, 0.1) is 0 Å². The molecule has 2 N–H and O–H groups in total. The van der Waals surface area contributed by atoms with Crippen LogP contribution in [0.15, 0.2) is 54.6 Å². The molecule has 0 amide bonds. The summed E-state index contributed by atoms with van der Waals surface area (Å²) in [6, 6.07) is 16.7. The van der Waals surface area contributed by atoms with Gasteiger partial charge in [-0.2, -0.15) is 18.2 Å². The lowest BCUT2D eigenvalue weighted by Gasteiger charge is -2.34. The van der Waals surface area contributed by atoms with Crippen LogP contribution >= 0.6 is 11.6 Å². The van der Waals surface area contributed by atoms with Crippen molar-refractivity contribution in [1.82, 2.24) is 0 Å². The number of alkyl halides is 3. The number of pyridine rings is 1. The summed E-state index contributed by atoms with van der Waals surface area (Å²) in [5, 5.41) is 1.00. The fourth-order valence-corrected chi connectivity index (χ4v) is 4.01. The average Bonchev–Trinajstić information content (AvgIpc) is 2.68. The van der Waals surface area contributed by atoms with Crippen LogP contribution in [-0.2, 0) is 12.7 Å². The van der Waals surface area contributed by atoms with E-state index in [1.165, 1.54) is 16.5 Å². The van der Waals surface area contributed by atoms with Crippen LogP contribution in [0.2, 0.25) is 5.02 Å². The Morgan fingerprint density at radius 3 is 2.39 bits per heavy atom. The lowest BCUT2D eigenvalue weighted by Crippen LogP contribution is -3.13. The zero-order chi connectivity index (χ0) is 19.7. The highest BCUT2D eigenvalue weighted by Crippen LogP contribution is 2.34. The number of nitrogens with zero attached hydrogens (tertiary/aromatic N) is 1. The fraction of sp³-hybridized carbons (Fsp3) is 0.286. The van der Waals surface area contributed by atoms with E-state index in [2.05, 4.69) is 17.1 Å². The maximum absolute atomic E-state index is 13.4. The van der Waals surface area contributed by atoms with Gasteiger partial charge in [-0.1, -0.05) is 48.0 Å². The SMILES string of the molecule is FC(F)(F)c1cc(N2CC[NH+](Cc3ccccc3)CC2)c2cccc(Cl)c2[nH+]1. The molecule has 1 aliphatic rings. The van der Waals surface area contributed by atoms with Crippen molar-refractivity contribution in [3.05, 3.63) is 70.9 Å². The number of H-pyrrole nitrogens is 1. The minimum Gasteiger partial charge on any atom is -0.359 e. The fourth-order valence-electron chi connectivity index (χ4n) is 3.79. The molecule has 1 aromatic heterocycles. The number of piperazine rings is 1. The van der Waals surface area contributed by atoms with Crippen molar-refractivity contribution < 1.29 is 23.1 Å². The zero-order valence-electron chi connectivity index (χ0n) is 15.2. The lowest BCUT2D eigenvalue weighted by molar-refractivity contribution is -0.914. The Morgan fingerprint density at radius 1 is 1.00 bits per heavy atom. The van der Waals surface area contributed by atoms with Crippen molar-refractivity contribution in [1.29, 1.82) is 0 Å². The van der Waals surface area contributed by atoms with E-state index in [1.54, 1.807) is 12.1 Å². The van der Waals surface area contributed by atoms with Gasteiger partial charge in [0.1, 0.15) is 11.6 Å². The van der Waals surface area contributed by atoms with E-state index in [-0.39, 0.29) is 5.02 Å². The van der Waals surface area contributed by atoms with Crippen LogP contribution < -0.4 is 14.8 Å². The second-order valence-corrected chi connectivity index (χ2v) is 7.54. The molecule has 4 rings (SSSR count). The van der Waals surface area contributed by atoms with Gasteiger partial charge in [-0.25, -0.2) is 0 Å². The Hall–Kier alpha value is -2.31. The highest BCUT2D eigenvalue weighted by molar-refractivity contribution is 6.34. The van der Waals surface area contributed by atoms with Crippen LogP contribution in [0.25, 0.3) is 10.9 Å². The molecular weight excluding hydrogens is 387 g/mol. The summed E-state index contributed by atoms with van der Waals surface area (Å²) in [4.78, 5) is 5.94. The smallest absolute Gasteiger partial charge is 0.359 e. The van der Waals surface area contributed by atoms with E-state index in [4.69, 9.17) is 11.6 Å². The molecule has 2 heterocycles. The van der Waals surface area contributed by atoms with Gasteiger partial charge in [0, 0.05) is 11.6 Å². The first-order chi connectivity index (χ1) is 13.4. The van der Waals surface area contributed by atoms with Crippen LogP contribution in [-0.4, -0.2) is 26.2 Å². The molecule has 0 radical (unpaired) electrons. The van der Waals surface area contributed by atoms with E-state index in [1.807, 2.05) is 29.2 Å². The summed E-state index contributed by atoms with van der Waals surface area (Å²) in [6.45, 7) is 4.07. The minimum atomic E-state index is -4.46. The van der Waals surface area contributed by atoms with Crippen LogP contribution in [0.5, 0.6) is 0 Å². The molecule has 0 bridgehead atoms. The van der Waals surface area contributed by atoms with Crippen LogP contribution in [0.1, 0.15) is 11.3 Å². The number of aromatic nitrogens is 1. The maximum Gasteiger partial charge on any atom is 0.477 e. The van der Waals surface area contributed by atoms with Gasteiger partial charge in [-0.05, 0) is 12.1 Å². The number of fused-ring (bicyclic) bond motifs is 1. The number of benzene rings is 2. The quantitative estimate of drug-likeness (QED) is 0.707. The third-order valence-electron chi connectivity index (χ3n) is 5.24. The molecule has 146 valence electrons. The highest BCUT2D eigenvalue weighted by Gasteiger charge is 2.40. The monoisotopic (exact) mass is 407 g/mol. The van der Waals surface area contributed by atoms with Crippen LogP contribution in [0.3, 0.4) is 0 Å². The third-order valence-corrected chi connectivity index (χ3v) is 5.56. The van der Waals surface area contributed by atoms with E-state index >= 15 is 0 Å². The van der Waals surface area contributed by atoms with E-state index in [0.717, 1.165) is 19.6 Å². The number of aromatic amines is 1. The Balaban J connectivity index is 1.60. The van der Waals surface area contributed by atoms with Gasteiger partial charge < -0.3 is 9.80 Å². The second kappa shape index (κ2) is 7.60. The van der Waals surface area contributed by atoms with Crippen molar-refractivity contribution in [3.8, 4) is 0 Å². The molecule has 0 atom stereocenters. The Labute approximate surface area is 166 Å². The zero-order valence-corrected chi connectivity index (χ0v) is 15.9.